The van der Waals surface area contributed by atoms with Gasteiger partial charge in [-0.3, -0.25) is 4.79 Å². The lowest BCUT2D eigenvalue weighted by atomic mass is 9.78. The molecule has 0 aliphatic heterocycles. The largest absolute Gasteiger partial charge is 0.426 e. The Labute approximate surface area is 124 Å². The zero-order valence-corrected chi connectivity index (χ0v) is 12.4. The molecule has 0 radical (unpaired) electrons. The number of hydrogen-bond acceptors (Lipinski definition) is 2. The molecular formula is C17H17ClO2. The molecule has 0 bridgehead atoms. The van der Waals surface area contributed by atoms with Crippen molar-refractivity contribution in [2.45, 2.75) is 19.3 Å². The van der Waals surface area contributed by atoms with Gasteiger partial charge in [0.15, 0.2) is 0 Å². The van der Waals surface area contributed by atoms with E-state index >= 15 is 0 Å². The van der Waals surface area contributed by atoms with E-state index in [1.165, 1.54) is 5.56 Å². The minimum Gasteiger partial charge on any atom is -0.426 e. The summed E-state index contributed by atoms with van der Waals surface area (Å²) in [6.45, 7) is 4.34. The maximum atomic E-state index is 11.1. The Morgan fingerprint density at radius 1 is 1.00 bits per heavy atom. The molecule has 2 aromatic rings. The second-order valence-corrected chi connectivity index (χ2v) is 5.39. The van der Waals surface area contributed by atoms with Gasteiger partial charge in [0.2, 0.25) is 0 Å². The van der Waals surface area contributed by atoms with Gasteiger partial charge >= 0.3 is 5.97 Å². The molecule has 2 nitrogen and oxygen atoms in total. The van der Waals surface area contributed by atoms with Crippen LogP contribution in [0.25, 0.3) is 0 Å². The fourth-order valence-electron chi connectivity index (χ4n) is 2.12. The van der Waals surface area contributed by atoms with Crippen molar-refractivity contribution >= 4 is 17.6 Å². The van der Waals surface area contributed by atoms with Crippen LogP contribution in [0, 0.1) is 0 Å². The molecule has 0 saturated carbocycles. The number of hydrogen-bond donors (Lipinski definition) is 0. The fraction of sp³-hybridized carbons (Fsp3) is 0.235. The predicted molar refractivity (Wildman–Crippen MR) is 81.4 cm³/mol. The Morgan fingerprint density at radius 3 is 2.10 bits per heavy atom. The molecule has 2 aromatic carbocycles. The van der Waals surface area contributed by atoms with Crippen molar-refractivity contribution in [3.63, 3.8) is 0 Å². The number of esters is 1. The first-order valence-electron chi connectivity index (χ1n) is 6.47. The average Bonchev–Trinajstić information content (AvgIpc) is 2.48. The number of halogens is 1. The van der Waals surface area contributed by atoms with E-state index in [9.17, 15) is 4.79 Å². The summed E-state index contributed by atoms with van der Waals surface area (Å²) in [4.78, 5) is 11.1. The Balaban J connectivity index is 2.23. The number of benzene rings is 2. The second-order valence-electron chi connectivity index (χ2n) is 5.12. The Kier molecular flexibility index (Phi) is 4.46. The summed E-state index contributed by atoms with van der Waals surface area (Å²) in [5.74, 6) is -0.0675. The van der Waals surface area contributed by atoms with Crippen LogP contribution in [-0.2, 0) is 10.2 Å². The predicted octanol–water partition coefficient (Wildman–Crippen LogP) is 4.16. The molecule has 2 rings (SSSR count). The van der Waals surface area contributed by atoms with E-state index in [1.54, 1.807) is 12.1 Å². The first kappa shape index (κ1) is 14.6. The Morgan fingerprint density at radius 2 is 1.55 bits per heavy atom. The average molecular weight is 289 g/mol. The van der Waals surface area contributed by atoms with Crippen molar-refractivity contribution in [1.82, 2.24) is 0 Å². The highest BCUT2D eigenvalue weighted by molar-refractivity contribution is 6.26. The molecule has 0 unspecified atom stereocenters. The standard InChI is InChI=1S/C17H17ClO2/c1-17(2,13-6-4-3-5-7-13)14-8-10-15(11-9-14)20-16(19)12-18/h3-11H,12H2,1-2H3. The van der Waals surface area contributed by atoms with Gasteiger partial charge in [-0.25, -0.2) is 0 Å². The van der Waals surface area contributed by atoms with Gasteiger partial charge in [0, 0.05) is 5.41 Å². The van der Waals surface area contributed by atoms with Crippen molar-refractivity contribution in [2.24, 2.45) is 0 Å². The van der Waals surface area contributed by atoms with Gasteiger partial charge in [-0.05, 0) is 23.3 Å². The fourth-order valence-corrected chi connectivity index (χ4v) is 2.17. The van der Waals surface area contributed by atoms with E-state index in [1.807, 2.05) is 30.3 Å². The third-order valence-corrected chi connectivity index (χ3v) is 3.63. The lowest BCUT2D eigenvalue weighted by Gasteiger charge is -2.26. The van der Waals surface area contributed by atoms with Gasteiger partial charge in [-0.15, -0.1) is 11.6 Å². The van der Waals surface area contributed by atoms with Crippen LogP contribution >= 0.6 is 11.6 Å². The molecule has 3 heteroatoms. The number of rotatable bonds is 4. The van der Waals surface area contributed by atoms with E-state index < -0.39 is 5.97 Å². The van der Waals surface area contributed by atoms with E-state index in [-0.39, 0.29) is 11.3 Å². The van der Waals surface area contributed by atoms with Crippen molar-refractivity contribution < 1.29 is 9.53 Å². The van der Waals surface area contributed by atoms with Crippen LogP contribution < -0.4 is 4.74 Å². The van der Waals surface area contributed by atoms with Crippen LogP contribution in [0.1, 0.15) is 25.0 Å². The number of carbonyl (C=O) groups is 1. The molecule has 20 heavy (non-hydrogen) atoms. The van der Waals surface area contributed by atoms with Crippen LogP contribution in [0.4, 0.5) is 0 Å². The summed E-state index contributed by atoms with van der Waals surface area (Å²) >= 11 is 5.41. The third-order valence-electron chi connectivity index (χ3n) is 3.41. The molecule has 0 fully saturated rings. The molecule has 0 aromatic heterocycles. The molecule has 0 aliphatic carbocycles. The summed E-state index contributed by atoms with van der Waals surface area (Å²) in [7, 11) is 0. The molecule has 0 N–H and O–H groups in total. The van der Waals surface area contributed by atoms with Crippen LogP contribution in [-0.4, -0.2) is 11.8 Å². The maximum Gasteiger partial charge on any atom is 0.326 e. The van der Waals surface area contributed by atoms with E-state index in [0.29, 0.717) is 5.75 Å². The van der Waals surface area contributed by atoms with E-state index in [2.05, 4.69) is 26.0 Å². The van der Waals surface area contributed by atoms with Gasteiger partial charge in [-0.2, -0.15) is 0 Å². The highest BCUT2D eigenvalue weighted by atomic mass is 35.5. The molecule has 0 spiro atoms. The third kappa shape index (κ3) is 3.20. The first-order chi connectivity index (χ1) is 9.54. The highest BCUT2D eigenvalue weighted by Crippen LogP contribution is 2.32. The lowest BCUT2D eigenvalue weighted by molar-refractivity contribution is -0.131. The zero-order valence-electron chi connectivity index (χ0n) is 11.6. The summed E-state index contributed by atoms with van der Waals surface area (Å²) < 4.78 is 5.07. The van der Waals surface area contributed by atoms with Crippen molar-refractivity contribution in [3.8, 4) is 5.75 Å². The van der Waals surface area contributed by atoms with Crippen molar-refractivity contribution in [3.05, 3.63) is 65.7 Å². The lowest BCUT2D eigenvalue weighted by Crippen LogP contribution is -2.18. The summed E-state index contributed by atoms with van der Waals surface area (Å²) in [5.41, 5.74) is 2.30. The number of carbonyl (C=O) groups excluding carboxylic acids is 1. The summed E-state index contributed by atoms with van der Waals surface area (Å²) in [6, 6.07) is 17.8. The van der Waals surface area contributed by atoms with Gasteiger partial charge in [0.25, 0.3) is 0 Å². The minimum atomic E-state index is -0.443. The van der Waals surface area contributed by atoms with Gasteiger partial charge in [0.05, 0.1) is 0 Å². The van der Waals surface area contributed by atoms with Crippen LogP contribution in [0.15, 0.2) is 54.6 Å². The monoisotopic (exact) mass is 288 g/mol. The topological polar surface area (TPSA) is 26.3 Å². The minimum absolute atomic E-state index is 0.101. The number of alkyl halides is 1. The van der Waals surface area contributed by atoms with E-state index in [4.69, 9.17) is 16.3 Å². The highest BCUT2D eigenvalue weighted by Gasteiger charge is 2.22. The molecular weight excluding hydrogens is 272 g/mol. The molecule has 0 amide bonds. The Hall–Kier alpha value is -1.80. The van der Waals surface area contributed by atoms with Gasteiger partial charge in [0.1, 0.15) is 11.6 Å². The molecule has 0 heterocycles. The van der Waals surface area contributed by atoms with Crippen molar-refractivity contribution in [2.75, 3.05) is 5.88 Å². The smallest absolute Gasteiger partial charge is 0.326 e. The van der Waals surface area contributed by atoms with Crippen LogP contribution in [0.3, 0.4) is 0 Å². The SMILES string of the molecule is CC(C)(c1ccccc1)c1ccc(OC(=O)CCl)cc1. The van der Waals surface area contributed by atoms with Gasteiger partial charge < -0.3 is 4.74 Å². The summed E-state index contributed by atoms with van der Waals surface area (Å²) in [5, 5.41) is 0. The van der Waals surface area contributed by atoms with Crippen LogP contribution in [0.2, 0.25) is 0 Å². The quantitative estimate of drug-likeness (QED) is 0.480. The molecule has 0 atom stereocenters. The van der Waals surface area contributed by atoms with Gasteiger partial charge in [-0.1, -0.05) is 56.3 Å². The molecule has 0 saturated heterocycles. The van der Waals surface area contributed by atoms with E-state index in [0.717, 1.165) is 5.56 Å². The molecule has 0 aliphatic rings. The molecule has 104 valence electrons. The second kappa shape index (κ2) is 6.10. The maximum absolute atomic E-state index is 11.1. The first-order valence-corrected chi connectivity index (χ1v) is 7.00. The Bertz CT molecular complexity index is 574. The van der Waals surface area contributed by atoms with Crippen LogP contribution in [0.5, 0.6) is 5.75 Å². The zero-order chi connectivity index (χ0) is 14.6. The summed E-state index contributed by atoms with van der Waals surface area (Å²) in [6.07, 6.45) is 0. The number of ether oxygens (including phenoxy) is 1. The van der Waals surface area contributed by atoms with Crippen molar-refractivity contribution in [1.29, 1.82) is 0 Å². The normalized spacial score (nSPS) is 11.2.